The summed E-state index contributed by atoms with van der Waals surface area (Å²) in [5.41, 5.74) is 0. The van der Waals surface area contributed by atoms with Crippen molar-refractivity contribution in [2.24, 2.45) is 0 Å². The van der Waals surface area contributed by atoms with Crippen LogP contribution in [0.3, 0.4) is 0 Å². The Morgan fingerprint density at radius 2 is 0.946 bits per heavy atom. The normalized spacial score (nSPS) is 23.9. The maximum atomic E-state index is 12.1. The van der Waals surface area contributed by atoms with E-state index in [1.807, 2.05) is 0 Å². The van der Waals surface area contributed by atoms with Crippen LogP contribution in [0.25, 0.3) is 0 Å². The summed E-state index contributed by atoms with van der Waals surface area (Å²) >= 11 is 0. The second kappa shape index (κ2) is 15.5. The van der Waals surface area contributed by atoms with Gasteiger partial charge in [0.2, 0.25) is 0 Å². The van der Waals surface area contributed by atoms with Gasteiger partial charge >= 0.3 is 12.2 Å². The molecular formula is C28H56BrN4O4+. The van der Waals surface area contributed by atoms with E-state index < -0.39 is 0 Å². The van der Waals surface area contributed by atoms with Gasteiger partial charge in [0, 0.05) is 41.0 Å². The lowest BCUT2D eigenvalue weighted by molar-refractivity contribution is -0.917. The van der Waals surface area contributed by atoms with Crippen molar-refractivity contribution in [1.82, 2.24) is 9.80 Å². The number of carbonyl (C=O) groups is 2. The lowest BCUT2D eigenvalue weighted by Gasteiger charge is -2.39. The SMILES string of the molecule is CN(C)C(=O)OC1CCCC1[N+](C)(C)CCCCCCCC[N+](C)(C)C1CCCC1OC(=O)N(C)C.[Br-]. The van der Waals surface area contributed by atoms with Gasteiger partial charge in [0.05, 0.1) is 41.3 Å². The van der Waals surface area contributed by atoms with Crippen molar-refractivity contribution in [2.75, 3.05) is 69.5 Å². The van der Waals surface area contributed by atoms with Crippen molar-refractivity contribution in [3.8, 4) is 0 Å². The van der Waals surface area contributed by atoms with E-state index >= 15 is 0 Å². The summed E-state index contributed by atoms with van der Waals surface area (Å²) in [6.45, 7) is 2.28. The maximum Gasteiger partial charge on any atom is 0.409 e. The molecule has 2 amide bonds. The van der Waals surface area contributed by atoms with Gasteiger partial charge in [-0.2, -0.15) is 0 Å². The molecule has 218 valence electrons. The highest BCUT2D eigenvalue weighted by Gasteiger charge is 2.42. The summed E-state index contributed by atoms with van der Waals surface area (Å²) in [5, 5.41) is 0. The largest absolute Gasteiger partial charge is 1.00 e. The molecule has 0 spiro atoms. The number of hydrogen-bond donors (Lipinski definition) is 0. The summed E-state index contributed by atoms with van der Waals surface area (Å²) in [6.07, 6.45) is 13.7. The van der Waals surface area contributed by atoms with Crippen molar-refractivity contribution in [2.45, 2.75) is 101 Å². The Morgan fingerprint density at radius 1 is 0.622 bits per heavy atom. The third kappa shape index (κ3) is 10.6. The van der Waals surface area contributed by atoms with E-state index in [4.69, 9.17) is 9.47 Å². The number of amides is 2. The number of halogens is 1. The van der Waals surface area contributed by atoms with Crippen molar-refractivity contribution in [3.63, 3.8) is 0 Å². The molecule has 8 nitrogen and oxygen atoms in total. The Bertz CT molecular complexity index is 644. The number of ether oxygens (including phenoxy) is 2. The molecule has 2 fully saturated rings. The van der Waals surface area contributed by atoms with E-state index in [2.05, 4.69) is 28.2 Å². The van der Waals surface area contributed by atoms with Crippen molar-refractivity contribution < 1.29 is 45.0 Å². The van der Waals surface area contributed by atoms with E-state index in [0.29, 0.717) is 12.1 Å². The second-order valence-electron chi connectivity index (χ2n) is 12.8. The van der Waals surface area contributed by atoms with Gasteiger partial charge in [-0.3, -0.25) is 0 Å². The average Bonchev–Trinajstić information content (AvgIpc) is 3.45. The zero-order valence-electron chi connectivity index (χ0n) is 25.0. The molecule has 0 aliphatic heterocycles. The number of quaternary nitrogens is 2. The maximum absolute atomic E-state index is 12.1. The molecule has 4 atom stereocenters. The summed E-state index contributed by atoms with van der Waals surface area (Å²) in [4.78, 5) is 27.2. The molecule has 0 aromatic carbocycles. The molecule has 4 unspecified atom stereocenters. The molecule has 0 aromatic heterocycles. The molecule has 0 saturated heterocycles. The molecule has 0 aromatic rings. The fraction of sp³-hybridized carbons (Fsp3) is 0.929. The Kier molecular flexibility index (Phi) is 14.2. The first kappa shape index (κ1) is 34.0. The predicted octanol–water partition coefficient (Wildman–Crippen LogP) is 1.72. The fourth-order valence-electron chi connectivity index (χ4n) is 6.23. The number of carbonyl (C=O) groups excluding carboxylic acids is 2. The monoisotopic (exact) mass is 591 g/mol. The van der Waals surface area contributed by atoms with E-state index in [1.165, 1.54) is 48.3 Å². The Morgan fingerprint density at radius 3 is 1.27 bits per heavy atom. The van der Waals surface area contributed by atoms with Crippen LogP contribution >= 0.6 is 0 Å². The minimum atomic E-state index is -0.216. The minimum Gasteiger partial charge on any atom is -1.00 e. The Hall–Kier alpha value is -1.06. The standard InChI is InChI=1S/C28H56N4O4.BrH/c1-29(2)27(33)35-25-19-15-17-23(25)31(5,6)21-13-11-9-10-12-14-22-32(7,8)24-18-16-20-26(24)36-28(34)30(3)4;/h23-26H,9-22H2,1-8H3;1H/q+2;/p-1. The number of unbranched alkanes of at least 4 members (excludes halogenated alkanes) is 5. The zero-order valence-corrected chi connectivity index (χ0v) is 26.6. The summed E-state index contributed by atoms with van der Waals surface area (Å²) in [5.74, 6) is 0. The van der Waals surface area contributed by atoms with E-state index in [1.54, 1.807) is 28.2 Å². The molecule has 2 aliphatic carbocycles. The lowest BCUT2D eigenvalue weighted by atomic mass is 10.1. The van der Waals surface area contributed by atoms with E-state index in [9.17, 15) is 9.59 Å². The molecule has 2 aliphatic rings. The highest BCUT2D eigenvalue weighted by Crippen LogP contribution is 2.32. The average molecular weight is 593 g/mol. The van der Waals surface area contributed by atoms with Gasteiger partial charge in [-0.1, -0.05) is 12.8 Å². The number of nitrogens with zero attached hydrogens (tertiary/aromatic N) is 4. The van der Waals surface area contributed by atoms with E-state index in [0.717, 1.165) is 60.6 Å². The van der Waals surface area contributed by atoms with Crippen LogP contribution in [0.5, 0.6) is 0 Å². The molecule has 9 heteroatoms. The van der Waals surface area contributed by atoms with Gasteiger partial charge in [-0.05, 0) is 51.4 Å². The summed E-state index contributed by atoms with van der Waals surface area (Å²) < 4.78 is 13.5. The molecule has 0 N–H and O–H groups in total. The van der Waals surface area contributed by atoms with Crippen LogP contribution < -0.4 is 17.0 Å². The fourth-order valence-corrected chi connectivity index (χ4v) is 6.23. The second-order valence-corrected chi connectivity index (χ2v) is 12.8. The molecule has 2 rings (SSSR count). The third-order valence-corrected chi connectivity index (χ3v) is 8.58. The predicted molar refractivity (Wildman–Crippen MR) is 145 cm³/mol. The summed E-state index contributed by atoms with van der Waals surface area (Å²) in [6, 6.07) is 0.815. The van der Waals surface area contributed by atoms with Crippen LogP contribution in [0.2, 0.25) is 0 Å². The first-order valence-electron chi connectivity index (χ1n) is 14.3. The first-order chi connectivity index (χ1) is 16.8. The Balaban J connectivity index is 0.00000684. The van der Waals surface area contributed by atoms with E-state index in [-0.39, 0.29) is 41.4 Å². The highest BCUT2D eigenvalue weighted by atomic mass is 79.9. The number of hydrogen-bond acceptors (Lipinski definition) is 4. The smallest absolute Gasteiger partial charge is 0.409 e. The molecule has 0 bridgehead atoms. The number of rotatable bonds is 13. The van der Waals surface area contributed by atoms with Gasteiger partial charge in [0.25, 0.3) is 0 Å². The molecule has 0 radical (unpaired) electrons. The van der Waals surface area contributed by atoms with Gasteiger partial charge in [-0.25, -0.2) is 9.59 Å². The van der Waals surface area contributed by atoms with Crippen LogP contribution in [0.15, 0.2) is 0 Å². The minimum absolute atomic E-state index is 0. The van der Waals surface area contributed by atoms with Gasteiger partial charge in [0.1, 0.15) is 12.1 Å². The lowest BCUT2D eigenvalue weighted by Crippen LogP contribution is -3.00. The van der Waals surface area contributed by atoms with Crippen LogP contribution in [0.4, 0.5) is 9.59 Å². The molecule has 2 saturated carbocycles. The van der Waals surface area contributed by atoms with Crippen molar-refractivity contribution >= 4 is 12.2 Å². The van der Waals surface area contributed by atoms with Gasteiger partial charge < -0.3 is 45.2 Å². The molecule has 37 heavy (non-hydrogen) atoms. The topological polar surface area (TPSA) is 59.1 Å². The van der Waals surface area contributed by atoms with Crippen LogP contribution in [0.1, 0.15) is 77.0 Å². The van der Waals surface area contributed by atoms with Crippen LogP contribution in [0, 0.1) is 0 Å². The van der Waals surface area contributed by atoms with Crippen molar-refractivity contribution in [1.29, 1.82) is 0 Å². The number of likely N-dealkylation sites (N-methyl/N-ethyl adjacent to an activating group) is 2. The van der Waals surface area contributed by atoms with Gasteiger partial charge in [-0.15, -0.1) is 0 Å². The molecular weight excluding hydrogens is 536 g/mol. The zero-order chi connectivity index (χ0) is 26.9. The first-order valence-corrected chi connectivity index (χ1v) is 14.3. The highest BCUT2D eigenvalue weighted by molar-refractivity contribution is 5.67. The van der Waals surface area contributed by atoms with Crippen LogP contribution in [-0.4, -0.2) is 125 Å². The third-order valence-electron chi connectivity index (χ3n) is 8.58. The quantitative estimate of drug-likeness (QED) is 0.242. The molecule has 0 heterocycles. The van der Waals surface area contributed by atoms with Gasteiger partial charge in [0.15, 0.2) is 12.2 Å². The Labute approximate surface area is 237 Å². The van der Waals surface area contributed by atoms with Crippen molar-refractivity contribution in [3.05, 3.63) is 0 Å². The summed E-state index contributed by atoms with van der Waals surface area (Å²) in [7, 11) is 16.2. The van der Waals surface area contributed by atoms with Crippen LogP contribution in [-0.2, 0) is 9.47 Å².